The van der Waals surface area contributed by atoms with Gasteiger partial charge in [0.1, 0.15) is 5.75 Å². The number of rotatable bonds is 3. The molecule has 0 aliphatic heterocycles. The Hall–Kier alpha value is -0.980. The van der Waals surface area contributed by atoms with Gasteiger partial charge >= 0.3 is 0 Å². The second-order valence-corrected chi connectivity index (χ2v) is 7.16. The molecule has 4 fully saturated rings. The molecule has 4 bridgehead atoms. The van der Waals surface area contributed by atoms with Crippen LogP contribution in [0.5, 0.6) is 5.75 Å². The van der Waals surface area contributed by atoms with E-state index in [1.54, 1.807) is 5.56 Å². The van der Waals surface area contributed by atoms with Gasteiger partial charge in [0.15, 0.2) is 0 Å². The molecular formula is C18H24O. The van der Waals surface area contributed by atoms with E-state index in [0.717, 1.165) is 30.1 Å². The average Bonchev–Trinajstić information content (AvgIpc) is 2.38. The summed E-state index contributed by atoms with van der Waals surface area (Å²) >= 11 is 0. The summed E-state index contributed by atoms with van der Waals surface area (Å²) in [5.74, 6) is 4.10. The molecule has 4 aliphatic rings. The van der Waals surface area contributed by atoms with Crippen molar-refractivity contribution >= 4 is 0 Å². The zero-order valence-electron chi connectivity index (χ0n) is 11.9. The summed E-state index contributed by atoms with van der Waals surface area (Å²) in [6.07, 6.45) is 8.93. The normalized spacial score (nSPS) is 39.5. The molecule has 4 saturated carbocycles. The average molecular weight is 256 g/mol. The Labute approximate surface area is 116 Å². The molecule has 1 aromatic carbocycles. The highest BCUT2D eigenvalue weighted by molar-refractivity contribution is 5.34. The highest BCUT2D eigenvalue weighted by Crippen LogP contribution is 2.60. The second kappa shape index (κ2) is 4.26. The first kappa shape index (κ1) is 11.8. The monoisotopic (exact) mass is 256 g/mol. The van der Waals surface area contributed by atoms with E-state index in [1.165, 1.54) is 38.5 Å². The molecule has 102 valence electrons. The number of ether oxygens (including phenoxy) is 1. The molecule has 0 heterocycles. The van der Waals surface area contributed by atoms with E-state index < -0.39 is 0 Å². The summed E-state index contributed by atoms with van der Waals surface area (Å²) in [5, 5.41) is 0. The quantitative estimate of drug-likeness (QED) is 0.770. The Balaban J connectivity index is 1.64. The Morgan fingerprint density at radius 3 is 1.95 bits per heavy atom. The van der Waals surface area contributed by atoms with Crippen molar-refractivity contribution in [2.45, 2.75) is 50.9 Å². The maximum Gasteiger partial charge on any atom is 0.119 e. The van der Waals surface area contributed by atoms with E-state index in [-0.39, 0.29) is 0 Å². The van der Waals surface area contributed by atoms with Crippen LogP contribution >= 0.6 is 0 Å². The van der Waals surface area contributed by atoms with Gasteiger partial charge in [-0.1, -0.05) is 12.1 Å². The minimum absolute atomic E-state index is 0.527. The smallest absolute Gasteiger partial charge is 0.119 e. The van der Waals surface area contributed by atoms with E-state index in [9.17, 15) is 0 Å². The third kappa shape index (κ3) is 1.89. The molecule has 0 radical (unpaired) electrons. The van der Waals surface area contributed by atoms with Crippen LogP contribution in [0.3, 0.4) is 0 Å². The minimum atomic E-state index is 0.527. The van der Waals surface area contributed by atoms with Gasteiger partial charge in [-0.15, -0.1) is 0 Å². The van der Waals surface area contributed by atoms with Gasteiger partial charge in [0.05, 0.1) is 6.61 Å². The zero-order valence-corrected chi connectivity index (χ0v) is 11.9. The van der Waals surface area contributed by atoms with Crippen molar-refractivity contribution in [3.63, 3.8) is 0 Å². The first-order chi connectivity index (χ1) is 9.27. The lowest BCUT2D eigenvalue weighted by atomic mass is 9.48. The van der Waals surface area contributed by atoms with Crippen LogP contribution in [0.25, 0.3) is 0 Å². The van der Waals surface area contributed by atoms with Crippen molar-refractivity contribution in [2.24, 2.45) is 17.8 Å². The van der Waals surface area contributed by atoms with Gasteiger partial charge in [-0.3, -0.25) is 0 Å². The molecule has 0 N–H and O–H groups in total. The van der Waals surface area contributed by atoms with E-state index in [1.807, 2.05) is 6.92 Å². The number of hydrogen-bond acceptors (Lipinski definition) is 1. The van der Waals surface area contributed by atoms with Crippen LogP contribution in [0, 0.1) is 17.8 Å². The van der Waals surface area contributed by atoms with Crippen molar-refractivity contribution in [2.75, 3.05) is 6.61 Å². The Morgan fingerprint density at radius 1 is 0.947 bits per heavy atom. The SMILES string of the molecule is CCOc1ccc(C23CC4CC(CC(C4)C2)C3)cc1. The van der Waals surface area contributed by atoms with Crippen LogP contribution in [-0.2, 0) is 5.41 Å². The van der Waals surface area contributed by atoms with Crippen LogP contribution < -0.4 is 4.74 Å². The van der Waals surface area contributed by atoms with Crippen LogP contribution in [0.4, 0.5) is 0 Å². The van der Waals surface area contributed by atoms with Gasteiger partial charge in [-0.05, 0) is 86.3 Å². The molecule has 19 heavy (non-hydrogen) atoms. The van der Waals surface area contributed by atoms with Crippen LogP contribution in [0.15, 0.2) is 24.3 Å². The van der Waals surface area contributed by atoms with Gasteiger partial charge in [-0.2, -0.15) is 0 Å². The Morgan fingerprint density at radius 2 is 1.47 bits per heavy atom. The van der Waals surface area contributed by atoms with Crippen molar-refractivity contribution in [1.29, 1.82) is 0 Å². The standard InChI is InChI=1S/C18H24O/c1-2-19-17-5-3-16(4-6-17)18-10-13-7-14(11-18)9-15(8-13)12-18/h3-6,13-15H,2,7-12H2,1H3. The highest BCUT2D eigenvalue weighted by Gasteiger charge is 2.51. The van der Waals surface area contributed by atoms with E-state index in [4.69, 9.17) is 4.74 Å². The molecule has 0 spiro atoms. The number of benzene rings is 1. The summed E-state index contributed by atoms with van der Waals surface area (Å²) in [4.78, 5) is 0. The molecule has 0 amide bonds. The summed E-state index contributed by atoms with van der Waals surface area (Å²) in [6, 6.07) is 9.05. The lowest BCUT2D eigenvalue weighted by Crippen LogP contribution is -2.48. The van der Waals surface area contributed by atoms with Gasteiger partial charge < -0.3 is 4.74 Å². The molecular weight excluding hydrogens is 232 g/mol. The van der Waals surface area contributed by atoms with Gasteiger partial charge in [0, 0.05) is 0 Å². The van der Waals surface area contributed by atoms with Gasteiger partial charge in [-0.25, -0.2) is 0 Å². The molecule has 5 rings (SSSR count). The summed E-state index contributed by atoms with van der Waals surface area (Å²) in [7, 11) is 0. The molecule has 0 aromatic heterocycles. The summed E-state index contributed by atoms with van der Waals surface area (Å²) in [6.45, 7) is 2.81. The predicted molar refractivity (Wildman–Crippen MR) is 77.5 cm³/mol. The van der Waals surface area contributed by atoms with Gasteiger partial charge in [0.25, 0.3) is 0 Å². The molecule has 1 heteroatoms. The Kier molecular flexibility index (Phi) is 2.65. The number of hydrogen-bond donors (Lipinski definition) is 0. The van der Waals surface area contributed by atoms with E-state index in [2.05, 4.69) is 24.3 Å². The first-order valence-electron chi connectivity index (χ1n) is 8.01. The summed E-state index contributed by atoms with van der Waals surface area (Å²) in [5.41, 5.74) is 2.12. The Bertz CT molecular complexity index is 424. The maximum atomic E-state index is 5.58. The second-order valence-electron chi connectivity index (χ2n) is 7.16. The fourth-order valence-electron chi connectivity index (χ4n) is 5.54. The minimum Gasteiger partial charge on any atom is -0.494 e. The highest BCUT2D eigenvalue weighted by atomic mass is 16.5. The van der Waals surface area contributed by atoms with Crippen LogP contribution in [0.2, 0.25) is 0 Å². The van der Waals surface area contributed by atoms with Crippen molar-refractivity contribution in [3.8, 4) is 5.75 Å². The van der Waals surface area contributed by atoms with E-state index >= 15 is 0 Å². The van der Waals surface area contributed by atoms with Crippen molar-refractivity contribution in [1.82, 2.24) is 0 Å². The van der Waals surface area contributed by atoms with Crippen LogP contribution in [-0.4, -0.2) is 6.61 Å². The third-order valence-electron chi connectivity index (χ3n) is 5.82. The lowest BCUT2D eigenvalue weighted by Gasteiger charge is -2.57. The molecule has 0 unspecified atom stereocenters. The van der Waals surface area contributed by atoms with Crippen molar-refractivity contribution in [3.05, 3.63) is 29.8 Å². The molecule has 1 nitrogen and oxygen atoms in total. The maximum absolute atomic E-state index is 5.58. The van der Waals surface area contributed by atoms with E-state index in [0.29, 0.717) is 5.41 Å². The molecule has 0 atom stereocenters. The summed E-state index contributed by atoms with van der Waals surface area (Å²) < 4.78 is 5.58. The van der Waals surface area contributed by atoms with Crippen LogP contribution in [0.1, 0.15) is 51.0 Å². The fourth-order valence-corrected chi connectivity index (χ4v) is 5.54. The predicted octanol–water partition coefficient (Wildman–Crippen LogP) is 4.55. The topological polar surface area (TPSA) is 9.23 Å². The lowest BCUT2D eigenvalue weighted by molar-refractivity contribution is -0.00520. The molecule has 4 aliphatic carbocycles. The largest absolute Gasteiger partial charge is 0.494 e. The zero-order chi connectivity index (χ0) is 12.9. The molecule has 1 aromatic rings. The first-order valence-corrected chi connectivity index (χ1v) is 8.01. The van der Waals surface area contributed by atoms with Gasteiger partial charge in [0.2, 0.25) is 0 Å². The fraction of sp³-hybridized carbons (Fsp3) is 0.667. The van der Waals surface area contributed by atoms with Crippen molar-refractivity contribution < 1.29 is 4.74 Å². The third-order valence-corrected chi connectivity index (χ3v) is 5.82. The molecule has 0 saturated heterocycles.